The van der Waals surface area contributed by atoms with E-state index in [1.807, 2.05) is 13.0 Å². The third-order valence-corrected chi connectivity index (χ3v) is 3.15. The van der Waals surface area contributed by atoms with Gasteiger partial charge in [0.15, 0.2) is 5.11 Å². The van der Waals surface area contributed by atoms with Crippen LogP contribution in [0.15, 0.2) is 48.5 Å². The fourth-order valence-electron chi connectivity index (χ4n) is 1.92. The number of amides is 2. The number of carbonyl (C=O) groups is 2. The summed E-state index contributed by atoms with van der Waals surface area (Å²) >= 11 is 5.10. The Morgan fingerprint density at radius 2 is 1.82 bits per heavy atom. The number of hydrogen-bond donors (Lipinski definition) is 3. The maximum Gasteiger partial charge on any atom is 0.257 e. The highest BCUT2D eigenvalue weighted by atomic mass is 32.1. The maximum absolute atomic E-state index is 12.1. The van der Waals surface area contributed by atoms with Crippen LogP contribution in [-0.4, -0.2) is 16.9 Å². The number of benzene rings is 2. The molecular weight excluding hydrogens is 298 g/mol. The van der Waals surface area contributed by atoms with Crippen molar-refractivity contribution in [3.63, 3.8) is 0 Å². The van der Waals surface area contributed by atoms with Crippen LogP contribution in [0.1, 0.15) is 26.3 Å². The van der Waals surface area contributed by atoms with E-state index in [-0.39, 0.29) is 11.0 Å². The molecule has 0 atom stereocenters. The van der Waals surface area contributed by atoms with Crippen molar-refractivity contribution in [2.45, 2.75) is 6.92 Å². The molecule has 2 rings (SSSR count). The molecule has 112 valence electrons. The Labute approximate surface area is 133 Å². The van der Waals surface area contributed by atoms with E-state index in [0.717, 1.165) is 5.56 Å². The van der Waals surface area contributed by atoms with Crippen molar-refractivity contribution in [2.75, 3.05) is 5.32 Å². The van der Waals surface area contributed by atoms with Gasteiger partial charge in [-0.15, -0.1) is 0 Å². The first kappa shape index (κ1) is 15.7. The van der Waals surface area contributed by atoms with Gasteiger partial charge in [-0.1, -0.05) is 29.8 Å². The fraction of sp³-hybridized carbons (Fsp3) is 0.0625. The summed E-state index contributed by atoms with van der Waals surface area (Å²) < 4.78 is 0. The molecule has 6 heteroatoms. The maximum atomic E-state index is 12.1. The van der Waals surface area contributed by atoms with Crippen LogP contribution in [0.25, 0.3) is 0 Å². The molecule has 0 heterocycles. The molecule has 0 aliphatic heterocycles. The lowest BCUT2D eigenvalue weighted by Crippen LogP contribution is -2.34. The molecule has 0 radical (unpaired) electrons. The van der Waals surface area contributed by atoms with Crippen LogP contribution in [0.2, 0.25) is 0 Å². The van der Waals surface area contributed by atoms with E-state index in [1.165, 1.54) is 0 Å². The van der Waals surface area contributed by atoms with Gasteiger partial charge in [0.1, 0.15) is 0 Å². The minimum absolute atomic E-state index is 0.0974. The Bertz CT molecular complexity index is 744. The SMILES string of the molecule is Cc1cccc(C(=O)NC(=S)Nc2ccccc2C(N)=O)c1. The lowest BCUT2D eigenvalue weighted by atomic mass is 10.1. The number of rotatable bonds is 3. The Balaban J connectivity index is 2.08. The zero-order chi connectivity index (χ0) is 16.1. The quantitative estimate of drug-likeness (QED) is 0.759. The minimum atomic E-state index is -0.573. The number of carbonyl (C=O) groups excluding carboxylic acids is 2. The summed E-state index contributed by atoms with van der Waals surface area (Å²) in [6, 6.07) is 13.8. The smallest absolute Gasteiger partial charge is 0.257 e. The van der Waals surface area contributed by atoms with Crippen molar-refractivity contribution in [3.05, 3.63) is 65.2 Å². The summed E-state index contributed by atoms with van der Waals surface area (Å²) in [5.41, 5.74) is 7.52. The number of primary amides is 1. The Kier molecular flexibility index (Phi) is 4.85. The van der Waals surface area contributed by atoms with Crippen molar-refractivity contribution in [3.8, 4) is 0 Å². The molecule has 0 unspecified atom stereocenters. The van der Waals surface area contributed by atoms with E-state index in [0.29, 0.717) is 16.8 Å². The van der Waals surface area contributed by atoms with Gasteiger partial charge in [-0.05, 0) is 43.4 Å². The van der Waals surface area contributed by atoms with Gasteiger partial charge in [0.05, 0.1) is 11.3 Å². The molecule has 2 aromatic carbocycles. The molecule has 0 aliphatic rings. The average Bonchev–Trinajstić information content (AvgIpc) is 2.47. The lowest BCUT2D eigenvalue weighted by Gasteiger charge is -2.12. The van der Waals surface area contributed by atoms with Crippen LogP contribution in [0.5, 0.6) is 0 Å². The average molecular weight is 313 g/mol. The van der Waals surface area contributed by atoms with Gasteiger partial charge in [0.2, 0.25) is 0 Å². The van der Waals surface area contributed by atoms with Crippen molar-refractivity contribution < 1.29 is 9.59 Å². The third-order valence-electron chi connectivity index (χ3n) is 2.95. The number of nitrogens with two attached hydrogens (primary N) is 1. The number of hydrogen-bond acceptors (Lipinski definition) is 3. The number of thiocarbonyl (C=S) groups is 1. The topological polar surface area (TPSA) is 84.2 Å². The Hall–Kier alpha value is -2.73. The van der Waals surface area contributed by atoms with Crippen molar-refractivity contribution >= 4 is 34.8 Å². The van der Waals surface area contributed by atoms with Gasteiger partial charge in [-0.2, -0.15) is 0 Å². The van der Waals surface area contributed by atoms with Gasteiger partial charge < -0.3 is 11.1 Å². The Morgan fingerprint density at radius 1 is 1.09 bits per heavy atom. The molecule has 22 heavy (non-hydrogen) atoms. The first-order chi connectivity index (χ1) is 10.5. The molecular formula is C16H15N3O2S. The number of para-hydroxylation sites is 1. The van der Waals surface area contributed by atoms with E-state index in [4.69, 9.17) is 18.0 Å². The highest BCUT2D eigenvalue weighted by Gasteiger charge is 2.11. The summed E-state index contributed by atoms with van der Waals surface area (Å²) in [7, 11) is 0. The molecule has 0 bridgehead atoms. The van der Waals surface area contributed by atoms with E-state index < -0.39 is 5.91 Å². The zero-order valence-corrected chi connectivity index (χ0v) is 12.7. The van der Waals surface area contributed by atoms with Crippen molar-refractivity contribution in [1.82, 2.24) is 5.32 Å². The molecule has 0 fully saturated rings. The van der Waals surface area contributed by atoms with Crippen LogP contribution in [0, 0.1) is 6.92 Å². The molecule has 0 aromatic heterocycles. The lowest BCUT2D eigenvalue weighted by molar-refractivity contribution is 0.0975. The molecule has 2 amide bonds. The minimum Gasteiger partial charge on any atom is -0.366 e. The van der Waals surface area contributed by atoms with Gasteiger partial charge in [0, 0.05) is 5.56 Å². The highest BCUT2D eigenvalue weighted by molar-refractivity contribution is 7.80. The molecule has 5 nitrogen and oxygen atoms in total. The van der Waals surface area contributed by atoms with Crippen LogP contribution < -0.4 is 16.4 Å². The van der Waals surface area contributed by atoms with Crippen molar-refractivity contribution in [1.29, 1.82) is 0 Å². The van der Waals surface area contributed by atoms with Crippen LogP contribution in [-0.2, 0) is 0 Å². The van der Waals surface area contributed by atoms with E-state index in [9.17, 15) is 9.59 Å². The van der Waals surface area contributed by atoms with Crippen LogP contribution in [0.4, 0.5) is 5.69 Å². The number of nitrogens with one attached hydrogen (secondary N) is 2. The standard InChI is InChI=1S/C16H15N3O2S/c1-10-5-4-6-11(9-10)15(21)19-16(22)18-13-8-3-2-7-12(13)14(17)20/h2-9H,1H3,(H2,17,20)(H2,18,19,21,22). The van der Waals surface area contributed by atoms with Gasteiger partial charge >= 0.3 is 0 Å². The highest BCUT2D eigenvalue weighted by Crippen LogP contribution is 2.14. The summed E-state index contributed by atoms with van der Waals surface area (Å²) in [5.74, 6) is -0.895. The summed E-state index contributed by atoms with van der Waals surface area (Å²) in [6.45, 7) is 1.90. The third kappa shape index (κ3) is 3.89. The summed E-state index contributed by atoms with van der Waals surface area (Å²) in [6.07, 6.45) is 0. The van der Waals surface area contributed by atoms with Gasteiger partial charge in [-0.25, -0.2) is 0 Å². The second-order valence-electron chi connectivity index (χ2n) is 4.69. The predicted octanol–water partition coefficient (Wildman–Crippen LogP) is 2.22. The van der Waals surface area contributed by atoms with Crippen LogP contribution >= 0.6 is 12.2 Å². The first-order valence-corrected chi connectivity index (χ1v) is 6.96. The van der Waals surface area contributed by atoms with Crippen molar-refractivity contribution in [2.24, 2.45) is 5.73 Å². The molecule has 0 saturated heterocycles. The number of anilines is 1. The van der Waals surface area contributed by atoms with E-state index >= 15 is 0 Å². The monoisotopic (exact) mass is 313 g/mol. The summed E-state index contributed by atoms with van der Waals surface area (Å²) in [4.78, 5) is 23.4. The zero-order valence-electron chi connectivity index (χ0n) is 11.9. The second-order valence-corrected chi connectivity index (χ2v) is 5.10. The van der Waals surface area contributed by atoms with E-state index in [2.05, 4.69) is 10.6 Å². The first-order valence-electron chi connectivity index (χ1n) is 6.55. The number of aryl methyl sites for hydroxylation is 1. The second kappa shape index (κ2) is 6.82. The molecule has 4 N–H and O–H groups in total. The van der Waals surface area contributed by atoms with Gasteiger partial charge in [0.25, 0.3) is 11.8 Å². The van der Waals surface area contributed by atoms with Crippen LogP contribution in [0.3, 0.4) is 0 Å². The molecule has 2 aromatic rings. The largest absolute Gasteiger partial charge is 0.366 e. The Morgan fingerprint density at radius 3 is 2.50 bits per heavy atom. The predicted molar refractivity (Wildman–Crippen MR) is 89.8 cm³/mol. The molecule has 0 saturated carbocycles. The van der Waals surface area contributed by atoms with E-state index in [1.54, 1.807) is 42.5 Å². The fourth-order valence-corrected chi connectivity index (χ4v) is 2.12. The molecule has 0 spiro atoms. The molecule has 0 aliphatic carbocycles. The van der Waals surface area contributed by atoms with Gasteiger partial charge in [-0.3, -0.25) is 14.9 Å². The normalized spacial score (nSPS) is 9.86. The summed E-state index contributed by atoms with van der Waals surface area (Å²) in [5, 5.41) is 5.47.